The van der Waals surface area contributed by atoms with Gasteiger partial charge in [0.25, 0.3) is 11.8 Å². The van der Waals surface area contributed by atoms with Crippen molar-refractivity contribution in [3.63, 3.8) is 0 Å². The Morgan fingerprint density at radius 2 is 2.19 bits per heavy atom. The zero-order valence-electron chi connectivity index (χ0n) is 13.9. The SMILES string of the molecule is NC1(CONC(=O)C2CC(F)(F)C3CN2C(=O)N3OS(=O)(=O)O)CCNC1. The summed E-state index contributed by atoms with van der Waals surface area (Å²) >= 11 is 0. The van der Waals surface area contributed by atoms with Crippen LogP contribution >= 0.6 is 0 Å². The molecule has 0 aromatic rings. The van der Waals surface area contributed by atoms with Crippen LogP contribution in [0.3, 0.4) is 0 Å². The average Bonchev–Trinajstić information content (AvgIpc) is 3.08. The van der Waals surface area contributed by atoms with Crippen molar-refractivity contribution in [3.05, 3.63) is 0 Å². The van der Waals surface area contributed by atoms with Crippen molar-refractivity contribution in [2.45, 2.75) is 36.4 Å². The third kappa shape index (κ3) is 4.12. The fraction of sp³-hybridized carbons (Fsp3) is 0.833. The molecule has 2 bridgehead atoms. The molecule has 15 heteroatoms. The number of halogens is 2. The fourth-order valence-corrected chi connectivity index (χ4v) is 3.66. The summed E-state index contributed by atoms with van der Waals surface area (Å²) in [7, 11) is -5.20. The number of carbonyl (C=O) groups is 2. The van der Waals surface area contributed by atoms with E-state index in [1.165, 1.54) is 0 Å². The van der Waals surface area contributed by atoms with E-state index < -0.39 is 58.8 Å². The lowest BCUT2D eigenvalue weighted by molar-refractivity contribution is -0.160. The van der Waals surface area contributed by atoms with Crippen molar-refractivity contribution in [1.82, 2.24) is 20.8 Å². The van der Waals surface area contributed by atoms with Crippen molar-refractivity contribution in [2.75, 3.05) is 26.2 Å². The molecule has 5 N–H and O–H groups in total. The molecule has 3 unspecified atom stereocenters. The molecule has 3 atom stereocenters. The molecule has 3 saturated heterocycles. The second-order valence-electron chi connectivity index (χ2n) is 6.80. The number of amides is 3. The number of hydrogen-bond acceptors (Lipinski definition) is 8. The number of carbonyl (C=O) groups excluding carboxylic acids is 2. The molecule has 0 aliphatic carbocycles. The van der Waals surface area contributed by atoms with Crippen molar-refractivity contribution in [2.24, 2.45) is 5.73 Å². The van der Waals surface area contributed by atoms with E-state index >= 15 is 0 Å². The monoisotopic (exact) mass is 415 g/mol. The van der Waals surface area contributed by atoms with E-state index in [1.807, 2.05) is 5.48 Å². The summed E-state index contributed by atoms with van der Waals surface area (Å²) in [5, 5.41) is 2.88. The molecular weight excluding hydrogens is 396 g/mol. The van der Waals surface area contributed by atoms with Crippen LogP contribution in [0.25, 0.3) is 0 Å². The summed E-state index contributed by atoms with van der Waals surface area (Å²) < 4.78 is 62.9. The van der Waals surface area contributed by atoms with Gasteiger partial charge in [0, 0.05) is 13.0 Å². The number of nitrogens with zero attached hydrogens (tertiary/aromatic N) is 2. The van der Waals surface area contributed by atoms with E-state index in [-0.39, 0.29) is 11.7 Å². The molecule has 154 valence electrons. The van der Waals surface area contributed by atoms with Crippen molar-refractivity contribution < 1.29 is 40.5 Å². The van der Waals surface area contributed by atoms with Crippen LogP contribution < -0.4 is 16.5 Å². The topological polar surface area (TPSA) is 164 Å². The minimum absolute atomic E-state index is 0.0661. The number of alkyl halides is 2. The molecule has 3 rings (SSSR count). The lowest BCUT2D eigenvalue weighted by Crippen LogP contribution is -2.57. The predicted octanol–water partition coefficient (Wildman–Crippen LogP) is -2.03. The highest BCUT2D eigenvalue weighted by Gasteiger charge is 2.62. The molecule has 3 fully saturated rings. The Bertz CT molecular complexity index is 730. The molecule has 3 heterocycles. The largest absolute Gasteiger partial charge is 0.418 e. The molecule has 0 radical (unpaired) electrons. The Hall–Kier alpha value is -1.65. The van der Waals surface area contributed by atoms with E-state index in [4.69, 9.17) is 15.1 Å². The lowest BCUT2D eigenvalue weighted by Gasteiger charge is -2.34. The van der Waals surface area contributed by atoms with Gasteiger partial charge >= 0.3 is 16.4 Å². The standard InChI is InChI=1S/C12H19F2N5O7S/c13-12(14)3-7(9(20)17-25-6-11(15)1-2-16-5-11)18-4-8(12)19(10(18)21)26-27(22,23)24/h7-8,16H,1-6,15H2,(H,17,20)(H,22,23,24). The molecule has 3 aliphatic heterocycles. The summed E-state index contributed by atoms with van der Waals surface area (Å²) in [6, 6.07) is -4.87. The second kappa shape index (κ2) is 6.75. The van der Waals surface area contributed by atoms with Gasteiger partial charge < -0.3 is 16.0 Å². The van der Waals surface area contributed by atoms with Gasteiger partial charge in [-0.2, -0.15) is 13.5 Å². The van der Waals surface area contributed by atoms with Gasteiger partial charge in [-0.05, 0) is 13.0 Å². The lowest BCUT2D eigenvalue weighted by atomic mass is 9.96. The van der Waals surface area contributed by atoms with Gasteiger partial charge in [-0.15, -0.1) is 4.28 Å². The minimum atomic E-state index is -5.20. The highest BCUT2D eigenvalue weighted by molar-refractivity contribution is 7.80. The molecular formula is C12H19F2N5O7S. The highest BCUT2D eigenvalue weighted by Crippen LogP contribution is 2.41. The van der Waals surface area contributed by atoms with Crippen LogP contribution in [0, 0.1) is 0 Å². The van der Waals surface area contributed by atoms with Crippen molar-refractivity contribution >= 4 is 22.3 Å². The summed E-state index contributed by atoms with van der Waals surface area (Å²) in [6.07, 6.45) is -0.474. The average molecular weight is 415 g/mol. The zero-order valence-corrected chi connectivity index (χ0v) is 14.7. The van der Waals surface area contributed by atoms with Crippen LogP contribution in [0.2, 0.25) is 0 Å². The quantitative estimate of drug-likeness (QED) is 0.283. The third-order valence-corrected chi connectivity index (χ3v) is 5.05. The summed E-state index contributed by atoms with van der Waals surface area (Å²) in [5.41, 5.74) is 7.30. The van der Waals surface area contributed by atoms with Crippen LogP contribution in [0.4, 0.5) is 13.6 Å². The maximum absolute atomic E-state index is 14.3. The van der Waals surface area contributed by atoms with Gasteiger partial charge in [-0.25, -0.2) is 19.1 Å². The van der Waals surface area contributed by atoms with E-state index in [0.717, 1.165) is 4.90 Å². The smallest absolute Gasteiger partial charge is 0.322 e. The normalized spacial score (nSPS) is 32.8. The number of rotatable bonds is 6. The summed E-state index contributed by atoms with van der Waals surface area (Å²) in [4.78, 5) is 30.2. The van der Waals surface area contributed by atoms with Crippen LogP contribution in [-0.2, 0) is 24.3 Å². The maximum Gasteiger partial charge on any atom is 0.418 e. The summed E-state index contributed by atoms with van der Waals surface area (Å²) in [5.74, 6) is -4.65. The predicted molar refractivity (Wildman–Crippen MR) is 82.2 cm³/mol. The number of nitrogens with two attached hydrogens (primary N) is 1. The zero-order chi connectivity index (χ0) is 20.0. The first kappa shape index (κ1) is 20.1. The molecule has 3 amide bonds. The number of hydroxylamine groups is 3. The molecule has 0 aromatic carbocycles. The number of urea groups is 1. The van der Waals surface area contributed by atoms with Gasteiger partial charge in [0.2, 0.25) is 0 Å². The van der Waals surface area contributed by atoms with Crippen molar-refractivity contribution in [3.8, 4) is 0 Å². The van der Waals surface area contributed by atoms with E-state index in [2.05, 4.69) is 9.60 Å². The number of nitrogens with one attached hydrogen (secondary N) is 2. The highest BCUT2D eigenvalue weighted by atomic mass is 32.3. The molecule has 12 nitrogen and oxygen atoms in total. The van der Waals surface area contributed by atoms with Crippen molar-refractivity contribution in [1.29, 1.82) is 0 Å². The first-order chi connectivity index (χ1) is 12.4. The van der Waals surface area contributed by atoms with E-state index in [0.29, 0.717) is 19.5 Å². The Labute approximate surface area is 152 Å². The van der Waals surface area contributed by atoms with E-state index in [9.17, 15) is 26.8 Å². The van der Waals surface area contributed by atoms with Gasteiger partial charge in [-0.1, -0.05) is 0 Å². The molecule has 0 spiro atoms. The number of fused-ring (bicyclic) bond motifs is 2. The van der Waals surface area contributed by atoms with E-state index in [1.54, 1.807) is 0 Å². The number of piperidine rings is 1. The molecule has 3 aliphatic rings. The van der Waals surface area contributed by atoms with Crippen LogP contribution in [0.15, 0.2) is 0 Å². The molecule has 27 heavy (non-hydrogen) atoms. The third-order valence-electron chi connectivity index (χ3n) is 4.70. The Balaban J connectivity index is 1.66. The Morgan fingerprint density at radius 3 is 2.78 bits per heavy atom. The first-order valence-corrected chi connectivity index (χ1v) is 9.34. The summed E-state index contributed by atoms with van der Waals surface area (Å²) in [6.45, 7) is 0.405. The van der Waals surface area contributed by atoms with Gasteiger partial charge in [0.1, 0.15) is 12.1 Å². The minimum Gasteiger partial charge on any atom is -0.322 e. The Morgan fingerprint density at radius 1 is 1.48 bits per heavy atom. The first-order valence-electron chi connectivity index (χ1n) is 7.98. The fourth-order valence-electron chi connectivity index (χ4n) is 3.29. The van der Waals surface area contributed by atoms with Crippen LogP contribution in [-0.4, -0.2) is 84.7 Å². The maximum atomic E-state index is 14.3. The second-order valence-corrected chi connectivity index (χ2v) is 7.81. The molecule has 0 saturated carbocycles. The van der Waals surface area contributed by atoms with Gasteiger partial charge in [0.15, 0.2) is 0 Å². The van der Waals surface area contributed by atoms with Crippen LogP contribution in [0.1, 0.15) is 12.8 Å². The van der Waals surface area contributed by atoms with Crippen LogP contribution in [0.5, 0.6) is 0 Å². The number of hydrogen-bond donors (Lipinski definition) is 4. The molecule has 0 aromatic heterocycles. The Kier molecular flexibility index (Phi) is 5.02. The van der Waals surface area contributed by atoms with Gasteiger partial charge in [-0.3, -0.25) is 14.2 Å². The van der Waals surface area contributed by atoms with Gasteiger partial charge in [0.05, 0.1) is 18.7 Å².